The van der Waals surface area contributed by atoms with Gasteiger partial charge in [0, 0.05) is 6.61 Å². The van der Waals surface area contributed by atoms with Crippen LogP contribution in [-0.2, 0) is 11.3 Å². The Bertz CT molecular complexity index is 354. The van der Waals surface area contributed by atoms with Gasteiger partial charge < -0.3 is 10.5 Å². The number of hydrogen-bond acceptors (Lipinski definition) is 2. The van der Waals surface area contributed by atoms with Crippen LogP contribution < -0.4 is 5.73 Å². The quantitative estimate of drug-likeness (QED) is 0.844. The standard InChI is InChI=1S/C17H27NO/c1-14(11-18)17-9-7-16(8-10-17)13-19-12-15-5-3-2-4-6-15/h7-10,14-15H,2-6,11-13,18H2,1H3. The second kappa shape index (κ2) is 7.66. The molecule has 0 heterocycles. The van der Waals surface area contributed by atoms with Crippen molar-refractivity contribution in [3.05, 3.63) is 35.4 Å². The van der Waals surface area contributed by atoms with Crippen molar-refractivity contribution >= 4 is 0 Å². The molecule has 1 aromatic rings. The van der Waals surface area contributed by atoms with Crippen molar-refractivity contribution in [2.45, 2.75) is 51.6 Å². The molecule has 0 aromatic heterocycles. The van der Waals surface area contributed by atoms with Crippen molar-refractivity contribution in [3.8, 4) is 0 Å². The molecule has 0 amide bonds. The zero-order chi connectivity index (χ0) is 13.5. The van der Waals surface area contributed by atoms with Gasteiger partial charge in [-0.3, -0.25) is 0 Å². The van der Waals surface area contributed by atoms with E-state index < -0.39 is 0 Å². The van der Waals surface area contributed by atoms with E-state index in [0.717, 1.165) is 19.1 Å². The predicted molar refractivity (Wildman–Crippen MR) is 80.1 cm³/mol. The van der Waals surface area contributed by atoms with E-state index in [1.54, 1.807) is 0 Å². The molecule has 0 bridgehead atoms. The molecule has 1 aromatic carbocycles. The number of ether oxygens (including phenoxy) is 1. The van der Waals surface area contributed by atoms with Crippen LogP contribution in [0.4, 0.5) is 0 Å². The van der Waals surface area contributed by atoms with Gasteiger partial charge in [-0.05, 0) is 42.3 Å². The van der Waals surface area contributed by atoms with Gasteiger partial charge in [0.25, 0.3) is 0 Å². The van der Waals surface area contributed by atoms with Crippen molar-refractivity contribution in [2.24, 2.45) is 11.7 Å². The Kier molecular flexibility index (Phi) is 5.87. The smallest absolute Gasteiger partial charge is 0.0717 e. The average molecular weight is 261 g/mol. The summed E-state index contributed by atoms with van der Waals surface area (Å²) in [5.41, 5.74) is 8.27. The van der Waals surface area contributed by atoms with Crippen molar-refractivity contribution in [2.75, 3.05) is 13.2 Å². The highest BCUT2D eigenvalue weighted by atomic mass is 16.5. The van der Waals surface area contributed by atoms with Crippen LogP contribution in [-0.4, -0.2) is 13.2 Å². The number of hydrogen-bond donors (Lipinski definition) is 1. The maximum atomic E-state index is 5.86. The van der Waals surface area contributed by atoms with Crippen molar-refractivity contribution in [1.29, 1.82) is 0 Å². The first-order valence-electron chi connectivity index (χ1n) is 7.66. The fourth-order valence-electron chi connectivity index (χ4n) is 2.78. The van der Waals surface area contributed by atoms with Gasteiger partial charge in [0.15, 0.2) is 0 Å². The van der Waals surface area contributed by atoms with Gasteiger partial charge in [-0.15, -0.1) is 0 Å². The first-order valence-corrected chi connectivity index (χ1v) is 7.66. The Balaban J connectivity index is 1.73. The Morgan fingerprint density at radius 1 is 1.16 bits per heavy atom. The van der Waals surface area contributed by atoms with Crippen molar-refractivity contribution < 1.29 is 4.74 Å². The van der Waals surface area contributed by atoms with Crippen LogP contribution in [0.25, 0.3) is 0 Å². The zero-order valence-electron chi connectivity index (χ0n) is 12.1. The lowest BCUT2D eigenvalue weighted by molar-refractivity contribution is 0.0739. The van der Waals surface area contributed by atoms with E-state index in [1.807, 2.05) is 0 Å². The van der Waals surface area contributed by atoms with E-state index >= 15 is 0 Å². The number of benzene rings is 1. The highest BCUT2D eigenvalue weighted by molar-refractivity contribution is 5.24. The molecule has 1 aliphatic rings. The monoisotopic (exact) mass is 261 g/mol. The van der Waals surface area contributed by atoms with Gasteiger partial charge in [-0.2, -0.15) is 0 Å². The Labute approximate surface area is 117 Å². The maximum absolute atomic E-state index is 5.86. The van der Waals surface area contributed by atoms with E-state index in [4.69, 9.17) is 10.5 Å². The molecule has 1 saturated carbocycles. The SMILES string of the molecule is CC(CN)c1ccc(COCC2CCCCC2)cc1. The molecule has 0 saturated heterocycles. The fourth-order valence-corrected chi connectivity index (χ4v) is 2.78. The summed E-state index contributed by atoms with van der Waals surface area (Å²) in [5, 5.41) is 0. The first-order chi connectivity index (χ1) is 9.29. The molecule has 1 fully saturated rings. The van der Waals surface area contributed by atoms with Crippen LogP contribution in [0, 0.1) is 5.92 Å². The van der Waals surface area contributed by atoms with Crippen LogP contribution in [0.3, 0.4) is 0 Å². The van der Waals surface area contributed by atoms with Gasteiger partial charge >= 0.3 is 0 Å². The summed E-state index contributed by atoms with van der Waals surface area (Å²) < 4.78 is 5.86. The molecular weight excluding hydrogens is 234 g/mol. The van der Waals surface area contributed by atoms with Gasteiger partial charge in [-0.1, -0.05) is 50.5 Å². The molecule has 2 nitrogen and oxygen atoms in total. The summed E-state index contributed by atoms with van der Waals surface area (Å²) in [6, 6.07) is 8.69. The molecule has 0 spiro atoms. The Morgan fingerprint density at radius 3 is 2.47 bits per heavy atom. The maximum Gasteiger partial charge on any atom is 0.0717 e. The fraction of sp³-hybridized carbons (Fsp3) is 0.647. The number of rotatable bonds is 6. The van der Waals surface area contributed by atoms with Gasteiger partial charge in [-0.25, -0.2) is 0 Å². The third kappa shape index (κ3) is 4.63. The van der Waals surface area contributed by atoms with Gasteiger partial charge in [0.05, 0.1) is 6.61 Å². The lowest BCUT2D eigenvalue weighted by Gasteiger charge is -2.21. The summed E-state index contributed by atoms with van der Waals surface area (Å²) in [6.07, 6.45) is 6.90. The van der Waals surface area contributed by atoms with E-state index in [9.17, 15) is 0 Å². The zero-order valence-corrected chi connectivity index (χ0v) is 12.1. The summed E-state index contributed by atoms with van der Waals surface area (Å²) in [4.78, 5) is 0. The summed E-state index contributed by atoms with van der Waals surface area (Å²) in [5.74, 6) is 1.24. The lowest BCUT2D eigenvalue weighted by Crippen LogP contribution is -2.13. The van der Waals surface area contributed by atoms with Gasteiger partial charge in [0.2, 0.25) is 0 Å². The predicted octanol–water partition coefficient (Wildman–Crippen LogP) is 3.85. The van der Waals surface area contributed by atoms with Gasteiger partial charge in [0.1, 0.15) is 0 Å². The highest BCUT2D eigenvalue weighted by Gasteiger charge is 2.13. The molecule has 0 radical (unpaired) electrons. The molecular formula is C17H27NO. The van der Waals surface area contributed by atoms with Crippen LogP contribution in [0.2, 0.25) is 0 Å². The van der Waals surface area contributed by atoms with E-state index in [0.29, 0.717) is 12.5 Å². The lowest BCUT2D eigenvalue weighted by atomic mass is 9.90. The summed E-state index contributed by atoms with van der Waals surface area (Å²) in [6.45, 7) is 4.54. The molecule has 106 valence electrons. The summed E-state index contributed by atoms with van der Waals surface area (Å²) in [7, 11) is 0. The number of nitrogens with two attached hydrogens (primary N) is 1. The highest BCUT2D eigenvalue weighted by Crippen LogP contribution is 2.24. The van der Waals surface area contributed by atoms with Crippen LogP contribution in [0.1, 0.15) is 56.1 Å². The van der Waals surface area contributed by atoms with E-state index in [1.165, 1.54) is 43.2 Å². The minimum Gasteiger partial charge on any atom is -0.376 e. The molecule has 1 atom stereocenters. The minimum absolute atomic E-state index is 0.442. The largest absolute Gasteiger partial charge is 0.376 e. The average Bonchev–Trinajstić information content (AvgIpc) is 2.48. The molecule has 1 aliphatic carbocycles. The van der Waals surface area contributed by atoms with Crippen LogP contribution in [0.5, 0.6) is 0 Å². The molecule has 2 N–H and O–H groups in total. The molecule has 19 heavy (non-hydrogen) atoms. The normalized spacial score (nSPS) is 18.4. The topological polar surface area (TPSA) is 35.2 Å². The van der Waals surface area contributed by atoms with Crippen molar-refractivity contribution in [1.82, 2.24) is 0 Å². The van der Waals surface area contributed by atoms with E-state index in [-0.39, 0.29) is 0 Å². The Hall–Kier alpha value is -0.860. The second-order valence-corrected chi connectivity index (χ2v) is 5.90. The van der Waals surface area contributed by atoms with Crippen molar-refractivity contribution in [3.63, 3.8) is 0 Å². The third-order valence-corrected chi connectivity index (χ3v) is 4.25. The minimum atomic E-state index is 0.442. The molecule has 2 rings (SSSR count). The third-order valence-electron chi connectivity index (χ3n) is 4.25. The van der Waals surface area contributed by atoms with Crippen LogP contribution in [0.15, 0.2) is 24.3 Å². The Morgan fingerprint density at radius 2 is 1.84 bits per heavy atom. The first kappa shape index (κ1) is 14.5. The second-order valence-electron chi connectivity index (χ2n) is 5.90. The molecule has 1 unspecified atom stereocenters. The summed E-state index contributed by atoms with van der Waals surface area (Å²) >= 11 is 0. The molecule has 0 aliphatic heterocycles. The van der Waals surface area contributed by atoms with E-state index in [2.05, 4.69) is 31.2 Å². The molecule has 2 heteroatoms. The van der Waals surface area contributed by atoms with Crippen LogP contribution >= 0.6 is 0 Å².